The molecule has 0 aliphatic carbocycles. The Hall–Kier alpha value is -5.50. The van der Waals surface area contributed by atoms with E-state index in [2.05, 4.69) is 166 Å². The zero-order valence-corrected chi connectivity index (χ0v) is 33.1. The van der Waals surface area contributed by atoms with Gasteiger partial charge in [-0.25, -0.2) is 0 Å². The highest BCUT2D eigenvalue weighted by atomic mass is 31.2. The third-order valence-electron chi connectivity index (χ3n) is 11.5. The molecule has 3 nitrogen and oxygen atoms in total. The van der Waals surface area contributed by atoms with Crippen LogP contribution in [0.2, 0.25) is 0 Å². The molecule has 0 bridgehead atoms. The van der Waals surface area contributed by atoms with Crippen molar-refractivity contribution in [3.63, 3.8) is 0 Å². The van der Waals surface area contributed by atoms with Gasteiger partial charge in [-0.05, 0) is 122 Å². The van der Waals surface area contributed by atoms with Crippen molar-refractivity contribution < 1.29 is 9.13 Å². The summed E-state index contributed by atoms with van der Waals surface area (Å²) in [7, 11) is -3.33. The average Bonchev–Trinajstić information content (AvgIpc) is 3.18. The molecule has 7 aromatic rings. The summed E-state index contributed by atoms with van der Waals surface area (Å²) in [4.78, 5) is 2.31. The number of aryl methyl sites for hydroxylation is 4. The van der Waals surface area contributed by atoms with Crippen molar-refractivity contribution in [3.8, 4) is 11.3 Å². The fourth-order valence-corrected chi connectivity index (χ4v) is 11.6. The van der Waals surface area contributed by atoms with Gasteiger partial charge in [-0.3, -0.25) is 0 Å². The van der Waals surface area contributed by atoms with E-state index in [1.54, 1.807) is 0 Å². The fraction of sp³-hybridized carbons (Fsp3) is 0.180. The Morgan fingerprint density at radius 1 is 0.556 bits per heavy atom. The molecule has 2 heterocycles. The molecule has 0 saturated carbocycles. The lowest BCUT2D eigenvalue weighted by atomic mass is 9.75. The number of benzene rings is 6. The summed E-state index contributed by atoms with van der Waals surface area (Å²) >= 11 is 0. The highest BCUT2D eigenvalue weighted by Crippen LogP contribution is 2.48. The first-order valence-corrected chi connectivity index (χ1v) is 20.8. The molecule has 0 fully saturated rings. The second-order valence-corrected chi connectivity index (χ2v) is 17.8. The van der Waals surface area contributed by atoms with Gasteiger partial charge in [0.1, 0.15) is 0 Å². The van der Waals surface area contributed by atoms with Crippen LogP contribution < -0.4 is 25.4 Å². The Labute approximate surface area is 320 Å². The highest BCUT2D eigenvalue weighted by Gasteiger charge is 2.48. The van der Waals surface area contributed by atoms with Gasteiger partial charge in [-0.1, -0.05) is 87.2 Å². The first-order valence-electron chi connectivity index (χ1n) is 19.1. The Morgan fingerprint density at radius 3 is 1.69 bits per heavy atom. The van der Waals surface area contributed by atoms with Crippen molar-refractivity contribution in [1.29, 1.82) is 0 Å². The number of allylic oxidation sites excluding steroid dienone is 1. The van der Waals surface area contributed by atoms with E-state index in [1.807, 2.05) is 30.3 Å². The third-order valence-corrected chi connectivity index (χ3v) is 14.5. The molecule has 0 saturated heterocycles. The summed E-state index contributed by atoms with van der Waals surface area (Å²) in [6.07, 6.45) is 1.84. The highest BCUT2D eigenvalue weighted by molar-refractivity contribution is 7.85. The molecule has 1 aliphatic rings. The second kappa shape index (κ2) is 13.7. The van der Waals surface area contributed by atoms with E-state index in [4.69, 9.17) is 6.58 Å². The predicted octanol–water partition coefficient (Wildman–Crippen LogP) is 11.7. The number of anilines is 3. The molecule has 0 N–H and O–H groups in total. The van der Waals surface area contributed by atoms with Gasteiger partial charge >= 0.3 is 0 Å². The standard InChI is InChI=1S/C50H48N2OP/c1-8-50(9-2)38(7)46-25-24-45(33-47(46)49-26-19-39-15-13-14-18-48(39)52(49)50)54(53,43-16-11-10-12-17-43)44-22-20-40(21-23-44)51(41-29-34(3)27-35(4)30-41)42-31-36(5)28-37(6)32-42/h10-33H,7-9H2,1-6H3/q+1. The van der Waals surface area contributed by atoms with Gasteiger partial charge in [-0.15, -0.1) is 0 Å². The van der Waals surface area contributed by atoms with Crippen molar-refractivity contribution >= 4 is 56.6 Å². The summed E-state index contributed by atoms with van der Waals surface area (Å²) < 4.78 is 18.6. The van der Waals surface area contributed by atoms with Gasteiger partial charge in [-0.2, -0.15) is 4.57 Å². The Morgan fingerprint density at radius 2 is 1.09 bits per heavy atom. The molecule has 1 atom stereocenters. The van der Waals surface area contributed by atoms with Crippen LogP contribution in [0.3, 0.4) is 0 Å². The summed E-state index contributed by atoms with van der Waals surface area (Å²) in [5.74, 6) is 0. The predicted molar refractivity (Wildman–Crippen MR) is 230 cm³/mol. The maximum atomic E-state index is 16.1. The molecule has 0 spiro atoms. The lowest BCUT2D eigenvalue weighted by Gasteiger charge is -2.36. The Kier molecular flexibility index (Phi) is 9.03. The number of rotatable bonds is 8. The van der Waals surface area contributed by atoms with Crippen molar-refractivity contribution in [3.05, 3.63) is 180 Å². The van der Waals surface area contributed by atoms with E-state index in [1.165, 1.54) is 33.2 Å². The Balaban J connectivity index is 1.31. The van der Waals surface area contributed by atoms with Crippen molar-refractivity contribution in [2.24, 2.45) is 0 Å². The van der Waals surface area contributed by atoms with Crippen LogP contribution in [0.5, 0.6) is 0 Å². The molecule has 8 rings (SSSR count). The number of aromatic nitrogens is 1. The Bertz CT molecular complexity index is 2530. The number of hydrogen-bond donors (Lipinski definition) is 0. The summed E-state index contributed by atoms with van der Waals surface area (Å²) in [5.41, 5.74) is 13.4. The first kappa shape index (κ1) is 35.5. The quantitative estimate of drug-likeness (QED) is 0.115. The first-order chi connectivity index (χ1) is 26.1. The number of pyridine rings is 1. The topological polar surface area (TPSA) is 24.2 Å². The molecule has 6 aromatic carbocycles. The number of para-hydroxylation sites is 1. The fourth-order valence-electron chi connectivity index (χ4n) is 8.96. The molecule has 4 heteroatoms. The van der Waals surface area contributed by atoms with Crippen LogP contribution in [0.25, 0.3) is 27.7 Å². The van der Waals surface area contributed by atoms with E-state index in [0.717, 1.165) is 68.2 Å². The van der Waals surface area contributed by atoms with Gasteiger partial charge in [0.2, 0.25) is 11.2 Å². The summed E-state index contributed by atoms with van der Waals surface area (Å²) in [6, 6.07) is 51.3. The van der Waals surface area contributed by atoms with Crippen LogP contribution in [0, 0.1) is 27.7 Å². The van der Waals surface area contributed by atoms with Crippen LogP contribution in [0.15, 0.2) is 152 Å². The van der Waals surface area contributed by atoms with Gasteiger partial charge in [0, 0.05) is 68.9 Å². The minimum atomic E-state index is -3.33. The van der Waals surface area contributed by atoms with Crippen molar-refractivity contribution in [2.45, 2.75) is 59.9 Å². The van der Waals surface area contributed by atoms with Crippen LogP contribution in [0.1, 0.15) is 54.5 Å². The third kappa shape index (κ3) is 5.74. The van der Waals surface area contributed by atoms with Gasteiger partial charge < -0.3 is 9.46 Å². The van der Waals surface area contributed by atoms with E-state index in [0.29, 0.717) is 0 Å². The minimum absolute atomic E-state index is 0.263. The molecular weight excluding hydrogens is 676 g/mol. The van der Waals surface area contributed by atoms with Crippen LogP contribution in [-0.4, -0.2) is 0 Å². The maximum absolute atomic E-state index is 16.1. The second-order valence-electron chi connectivity index (χ2n) is 15.0. The van der Waals surface area contributed by atoms with Crippen LogP contribution >= 0.6 is 7.14 Å². The minimum Gasteiger partial charge on any atom is -0.310 e. The smallest absolute Gasteiger partial charge is 0.214 e. The molecule has 0 amide bonds. The number of fused-ring (bicyclic) bond motifs is 5. The molecule has 54 heavy (non-hydrogen) atoms. The van der Waals surface area contributed by atoms with Crippen LogP contribution in [-0.2, 0) is 10.1 Å². The van der Waals surface area contributed by atoms with Gasteiger partial charge in [0.15, 0.2) is 12.7 Å². The van der Waals surface area contributed by atoms with E-state index in [-0.39, 0.29) is 5.54 Å². The number of nitrogens with zero attached hydrogens (tertiary/aromatic N) is 2. The van der Waals surface area contributed by atoms with Crippen molar-refractivity contribution in [2.75, 3.05) is 4.90 Å². The average molecular weight is 724 g/mol. The summed E-state index contributed by atoms with van der Waals surface area (Å²) in [5, 5.41) is 3.63. The lowest BCUT2D eigenvalue weighted by Crippen LogP contribution is -2.59. The SMILES string of the molecule is C=C1c2ccc(P(=O)(c3ccccc3)c3ccc(N(c4cc(C)cc(C)c4)c4cc(C)cc(C)c4)cc3)cc2-c2ccc3ccccc3[n+]2C1(CC)CC. The largest absolute Gasteiger partial charge is 0.310 e. The molecule has 0 radical (unpaired) electrons. The van der Waals surface area contributed by atoms with Gasteiger partial charge in [0.25, 0.3) is 0 Å². The maximum Gasteiger partial charge on any atom is 0.214 e. The summed E-state index contributed by atoms with van der Waals surface area (Å²) in [6.45, 7) is 17.9. The monoisotopic (exact) mass is 723 g/mol. The lowest BCUT2D eigenvalue weighted by molar-refractivity contribution is -0.718. The molecular formula is C50H48N2OP+. The van der Waals surface area contributed by atoms with E-state index in [9.17, 15) is 0 Å². The zero-order chi connectivity index (χ0) is 37.8. The van der Waals surface area contributed by atoms with Gasteiger partial charge in [0.05, 0.1) is 5.56 Å². The molecule has 1 aromatic heterocycles. The van der Waals surface area contributed by atoms with Crippen molar-refractivity contribution in [1.82, 2.24) is 0 Å². The zero-order valence-electron chi connectivity index (χ0n) is 32.2. The van der Waals surface area contributed by atoms with Crippen LogP contribution in [0.4, 0.5) is 17.1 Å². The molecule has 1 aliphatic heterocycles. The number of hydrogen-bond acceptors (Lipinski definition) is 2. The van der Waals surface area contributed by atoms with E-state index < -0.39 is 7.14 Å². The normalized spacial score (nSPS) is 14.3. The molecule has 1 unspecified atom stereocenters. The molecule has 268 valence electrons. The van der Waals surface area contributed by atoms with E-state index >= 15 is 4.57 Å².